The predicted molar refractivity (Wildman–Crippen MR) is 69.2 cm³/mol. The van der Waals surface area contributed by atoms with E-state index in [2.05, 4.69) is 9.82 Å². The second-order valence-corrected chi connectivity index (χ2v) is 6.38. The zero-order valence-corrected chi connectivity index (χ0v) is 12.5. The molecule has 1 rings (SSSR count). The molecule has 21 heavy (non-hydrogen) atoms. The van der Waals surface area contributed by atoms with E-state index in [4.69, 9.17) is 0 Å². The predicted octanol–water partition coefficient (Wildman–Crippen LogP) is 0.320. The quantitative estimate of drug-likeness (QED) is 0.780. The van der Waals surface area contributed by atoms with Gasteiger partial charge in [-0.3, -0.25) is 4.57 Å². The monoisotopic (exact) mass is 330 g/mol. The summed E-state index contributed by atoms with van der Waals surface area (Å²) in [6.45, 7) is 1.37. The van der Waals surface area contributed by atoms with Crippen LogP contribution in [0.2, 0.25) is 0 Å². The van der Waals surface area contributed by atoms with Crippen LogP contribution < -0.4 is 10.4 Å². The number of hydrogen-bond acceptors (Lipinski definition) is 4. The van der Waals surface area contributed by atoms with Crippen LogP contribution in [0.15, 0.2) is 4.79 Å². The molecule has 7 nitrogen and oxygen atoms in total. The van der Waals surface area contributed by atoms with Crippen molar-refractivity contribution in [1.29, 1.82) is 0 Å². The SMILES string of the molecule is CCCCS(=O)(=O)NCCn1nc(C(F)(F)F)n(C)c1=O. The molecular weight excluding hydrogens is 313 g/mol. The molecule has 122 valence electrons. The van der Waals surface area contributed by atoms with E-state index in [1.807, 2.05) is 6.92 Å². The van der Waals surface area contributed by atoms with Crippen LogP contribution >= 0.6 is 0 Å². The smallest absolute Gasteiger partial charge is 0.274 e. The molecule has 0 spiro atoms. The molecule has 0 fully saturated rings. The number of alkyl halides is 3. The summed E-state index contributed by atoms with van der Waals surface area (Å²) >= 11 is 0. The van der Waals surface area contributed by atoms with E-state index in [0.29, 0.717) is 22.1 Å². The fraction of sp³-hybridized carbons (Fsp3) is 0.800. The molecule has 0 saturated carbocycles. The highest BCUT2D eigenvalue weighted by Gasteiger charge is 2.37. The zero-order valence-electron chi connectivity index (χ0n) is 11.6. The lowest BCUT2D eigenvalue weighted by molar-refractivity contribution is -0.147. The lowest BCUT2D eigenvalue weighted by atomic mass is 10.4. The minimum absolute atomic E-state index is 0.0611. The van der Waals surface area contributed by atoms with Crippen molar-refractivity contribution in [1.82, 2.24) is 19.1 Å². The Hall–Kier alpha value is -1.36. The number of unbranched alkanes of at least 4 members (excludes halogenated alkanes) is 1. The molecule has 0 amide bonds. The van der Waals surface area contributed by atoms with Crippen LogP contribution in [-0.2, 0) is 29.8 Å². The van der Waals surface area contributed by atoms with Gasteiger partial charge in [0.1, 0.15) is 0 Å². The van der Waals surface area contributed by atoms with Crippen LogP contribution in [0, 0.1) is 0 Å². The average Bonchev–Trinajstić information content (AvgIpc) is 2.64. The highest BCUT2D eigenvalue weighted by Crippen LogP contribution is 2.25. The minimum atomic E-state index is -4.74. The Bertz CT molecular complexity index is 633. The Morgan fingerprint density at radius 2 is 1.95 bits per heavy atom. The van der Waals surface area contributed by atoms with Crippen LogP contribution in [0.1, 0.15) is 25.6 Å². The molecule has 0 saturated heterocycles. The van der Waals surface area contributed by atoms with Gasteiger partial charge in [-0.1, -0.05) is 13.3 Å². The number of aromatic nitrogens is 3. The second kappa shape index (κ2) is 6.60. The van der Waals surface area contributed by atoms with Crippen molar-refractivity contribution in [3.8, 4) is 0 Å². The first kappa shape index (κ1) is 17.7. The molecule has 0 aromatic carbocycles. The van der Waals surface area contributed by atoms with Crippen LogP contribution in [0.25, 0.3) is 0 Å². The van der Waals surface area contributed by atoms with Crippen molar-refractivity contribution in [2.75, 3.05) is 12.3 Å². The van der Waals surface area contributed by atoms with Crippen LogP contribution in [0.4, 0.5) is 13.2 Å². The molecule has 0 radical (unpaired) electrons. The molecule has 0 unspecified atom stereocenters. The maximum absolute atomic E-state index is 12.5. The van der Waals surface area contributed by atoms with Crippen molar-refractivity contribution in [3.05, 3.63) is 16.3 Å². The van der Waals surface area contributed by atoms with Crippen molar-refractivity contribution in [2.24, 2.45) is 7.05 Å². The van der Waals surface area contributed by atoms with Crippen molar-refractivity contribution >= 4 is 10.0 Å². The summed E-state index contributed by atoms with van der Waals surface area (Å²) in [4.78, 5) is 11.6. The van der Waals surface area contributed by atoms with E-state index < -0.39 is 27.7 Å². The average molecular weight is 330 g/mol. The van der Waals surface area contributed by atoms with Gasteiger partial charge in [0.15, 0.2) is 0 Å². The topological polar surface area (TPSA) is 86.0 Å². The summed E-state index contributed by atoms with van der Waals surface area (Å²) in [5, 5.41) is 3.17. The molecule has 11 heteroatoms. The van der Waals surface area contributed by atoms with Crippen LogP contribution in [0.3, 0.4) is 0 Å². The summed E-state index contributed by atoms with van der Waals surface area (Å²) in [7, 11) is -2.52. The first-order valence-electron chi connectivity index (χ1n) is 6.27. The van der Waals surface area contributed by atoms with Gasteiger partial charge in [-0.2, -0.15) is 13.2 Å². The third kappa shape index (κ3) is 4.84. The fourth-order valence-electron chi connectivity index (χ4n) is 1.59. The van der Waals surface area contributed by atoms with Gasteiger partial charge in [0.25, 0.3) is 0 Å². The number of halogens is 3. The number of nitrogens with one attached hydrogen (secondary N) is 1. The summed E-state index contributed by atoms with van der Waals surface area (Å²) < 4.78 is 63.8. The molecule has 1 aromatic rings. The highest BCUT2D eigenvalue weighted by atomic mass is 32.2. The Kier molecular flexibility index (Phi) is 5.56. The third-order valence-corrected chi connectivity index (χ3v) is 4.18. The molecule has 0 aliphatic heterocycles. The fourth-order valence-corrected chi connectivity index (χ4v) is 2.81. The van der Waals surface area contributed by atoms with E-state index >= 15 is 0 Å². The number of sulfonamides is 1. The second-order valence-electron chi connectivity index (χ2n) is 4.45. The lowest BCUT2D eigenvalue weighted by Crippen LogP contribution is -2.33. The van der Waals surface area contributed by atoms with E-state index in [1.165, 1.54) is 0 Å². The first-order valence-corrected chi connectivity index (χ1v) is 7.92. The van der Waals surface area contributed by atoms with E-state index in [9.17, 15) is 26.4 Å². The Morgan fingerprint density at radius 1 is 1.33 bits per heavy atom. The van der Waals surface area contributed by atoms with Gasteiger partial charge in [0.05, 0.1) is 12.3 Å². The molecule has 0 bridgehead atoms. The summed E-state index contributed by atoms with van der Waals surface area (Å²) in [5.41, 5.74) is -0.949. The molecule has 1 heterocycles. The van der Waals surface area contributed by atoms with Gasteiger partial charge in [-0.05, 0) is 6.42 Å². The van der Waals surface area contributed by atoms with E-state index in [1.54, 1.807) is 0 Å². The van der Waals surface area contributed by atoms with Gasteiger partial charge < -0.3 is 0 Å². The summed E-state index contributed by atoms with van der Waals surface area (Å²) in [5.74, 6) is -1.38. The minimum Gasteiger partial charge on any atom is -0.274 e. The van der Waals surface area contributed by atoms with Gasteiger partial charge >= 0.3 is 11.9 Å². The standard InChI is InChI=1S/C10H17F3N4O3S/c1-3-4-7-21(19,20)14-5-6-17-9(18)16(2)8(15-17)10(11,12)13/h14H,3-7H2,1-2H3. The first-order chi connectivity index (χ1) is 9.58. The zero-order chi connectivity index (χ0) is 16.3. The van der Waals surface area contributed by atoms with E-state index in [-0.39, 0.29) is 18.8 Å². The Morgan fingerprint density at radius 3 is 2.43 bits per heavy atom. The van der Waals surface area contributed by atoms with Crippen LogP contribution in [-0.4, -0.2) is 35.1 Å². The van der Waals surface area contributed by atoms with Gasteiger partial charge in [0, 0.05) is 13.6 Å². The molecular formula is C10H17F3N4O3S. The Labute approximate surface area is 119 Å². The van der Waals surface area contributed by atoms with Crippen molar-refractivity contribution in [2.45, 2.75) is 32.5 Å². The van der Waals surface area contributed by atoms with Crippen LogP contribution in [0.5, 0.6) is 0 Å². The number of hydrogen-bond donors (Lipinski definition) is 1. The lowest BCUT2D eigenvalue weighted by Gasteiger charge is -2.05. The molecule has 0 aliphatic carbocycles. The van der Waals surface area contributed by atoms with E-state index in [0.717, 1.165) is 7.05 Å². The maximum atomic E-state index is 12.5. The summed E-state index contributed by atoms with van der Waals surface area (Å²) in [6.07, 6.45) is -3.55. The number of rotatable bonds is 7. The molecule has 1 N–H and O–H groups in total. The Balaban J connectivity index is 2.72. The third-order valence-electron chi connectivity index (χ3n) is 2.71. The number of nitrogens with zero attached hydrogens (tertiary/aromatic N) is 3. The van der Waals surface area contributed by atoms with Gasteiger partial charge in [-0.25, -0.2) is 22.6 Å². The highest BCUT2D eigenvalue weighted by molar-refractivity contribution is 7.89. The molecule has 0 aliphatic rings. The van der Waals surface area contributed by atoms with Gasteiger partial charge in [-0.15, -0.1) is 5.10 Å². The largest absolute Gasteiger partial charge is 0.451 e. The van der Waals surface area contributed by atoms with Crippen molar-refractivity contribution < 1.29 is 21.6 Å². The molecule has 1 aromatic heterocycles. The summed E-state index contributed by atoms with van der Waals surface area (Å²) in [6, 6.07) is 0. The molecule has 0 atom stereocenters. The van der Waals surface area contributed by atoms with Gasteiger partial charge in [0.2, 0.25) is 15.8 Å². The van der Waals surface area contributed by atoms with Crippen molar-refractivity contribution in [3.63, 3.8) is 0 Å². The normalized spacial score (nSPS) is 12.8. The maximum Gasteiger partial charge on any atom is 0.451 e.